The van der Waals surface area contributed by atoms with Crippen LogP contribution >= 0.6 is 15.9 Å². The molecule has 2 rings (SSSR count). The number of hydrogen-bond acceptors (Lipinski definition) is 2. The zero-order valence-electron chi connectivity index (χ0n) is 8.51. The molecule has 0 spiro atoms. The van der Waals surface area contributed by atoms with Crippen LogP contribution in [0, 0.1) is 6.92 Å². The second-order valence-corrected chi connectivity index (χ2v) is 4.33. The van der Waals surface area contributed by atoms with Crippen LogP contribution in [-0.2, 0) is 0 Å². The summed E-state index contributed by atoms with van der Waals surface area (Å²) >= 11 is 3.37. The maximum absolute atomic E-state index is 10.7. The summed E-state index contributed by atoms with van der Waals surface area (Å²) in [5.41, 5.74) is 2.07. The monoisotopic (exact) mass is 280 g/mol. The van der Waals surface area contributed by atoms with Crippen molar-refractivity contribution in [3.05, 3.63) is 46.2 Å². The fourth-order valence-corrected chi connectivity index (χ4v) is 1.74. The average molecular weight is 281 g/mol. The molecule has 0 aliphatic carbocycles. The Morgan fingerprint density at radius 3 is 2.88 bits per heavy atom. The Morgan fingerprint density at radius 2 is 2.25 bits per heavy atom. The van der Waals surface area contributed by atoms with Crippen molar-refractivity contribution in [1.82, 2.24) is 9.78 Å². The van der Waals surface area contributed by atoms with Gasteiger partial charge in [0.2, 0.25) is 0 Å². The third-order valence-electron chi connectivity index (χ3n) is 2.25. The highest BCUT2D eigenvalue weighted by atomic mass is 79.9. The van der Waals surface area contributed by atoms with Gasteiger partial charge >= 0.3 is 5.97 Å². The molecule has 16 heavy (non-hydrogen) atoms. The fraction of sp³-hybridized carbons (Fsp3) is 0.0909. The standard InChI is InChI=1S/C11H9BrN2O2/c1-7-2-3-9(12)4-10(7)14-6-8(5-13-14)11(15)16/h2-6H,1H3,(H,15,16). The minimum absolute atomic E-state index is 0.180. The molecule has 0 atom stereocenters. The van der Waals surface area contributed by atoms with Crippen LogP contribution in [0.25, 0.3) is 5.69 Å². The van der Waals surface area contributed by atoms with Crippen molar-refractivity contribution < 1.29 is 9.90 Å². The fourth-order valence-electron chi connectivity index (χ4n) is 1.39. The number of carboxylic acids is 1. The lowest BCUT2D eigenvalue weighted by Gasteiger charge is -2.05. The first-order valence-electron chi connectivity index (χ1n) is 4.62. The predicted octanol–water partition coefficient (Wildman–Crippen LogP) is 2.64. The van der Waals surface area contributed by atoms with Gasteiger partial charge in [0.05, 0.1) is 17.4 Å². The van der Waals surface area contributed by atoms with E-state index in [4.69, 9.17) is 5.11 Å². The molecule has 82 valence electrons. The van der Waals surface area contributed by atoms with Gasteiger partial charge in [-0.2, -0.15) is 5.10 Å². The lowest BCUT2D eigenvalue weighted by Crippen LogP contribution is -1.98. The molecule has 0 aliphatic rings. The van der Waals surface area contributed by atoms with Crippen LogP contribution in [-0.4, -0.2) is 20.9 Å². The summed E-state index contributed by atoms with van der Waals surface area (Å²) in [4.78, 5) is 10.7. The smallest absolute Gasteiger partial charge is 0.338 e. The zero-order valence-corrected chi connectivity index (χ0v) is 10.1. The number of benzene rings is 1. The van der Waals surface area contributed by atoms with Crippen molar-refractivity contribution in [1.29, 1.82) is 0 Å². The highest BCUT2D eigenvalue weighted by Gasteiger charge is 2.08. The van der Waals surface area contributed by atoms with E-state index in [-0.39, 0.29) is 5.56 Å². The SMILES string of the molecule is Cc1ccc(Br)cc1-n1cc(C(=O)O)cn1. The van der Waals surface area contributed by atoms with Gasteiger partial charge in [0.1, 0.15) is 0 Å². The van der Waals surface area contributed by atoms with Gasteiger partial charge in [-0.3, -0.25) is 0 Å². The van der Waals surface area contributed by atoms with E-state index in [0.717, 1.165) is 15.7 Å². The molecule has 0 amide bonds. The summed E-state index contributed by atoms with van der Waals surface area (Å²) in [6.45, 7) is 1.95. The number of carboxylic acid groups (broad SMARTS) is 1. The van der Waals surface area contributed by atoms with Crippen LogP contribution in [0.3, 0.4) is 0 Å². The molecule has 0 unspecified atom stereocenters. The second kappa shape index (κ2) is 4.09. The summed E-state index contributed by atoms with van der Waals surface area (Å²) < 4.78 is 2.49. The van der Waals surface area contributed by atoms with Crippen LogP contribution in [0.15, 0.2) is 35.1 Å². The van der Waals surface area contributed by atoms with Crippen molar-refractivity contribution in [2.24, 2.45) is 0 Å². The molecule has 1 heterocycles. The first kappa shape index (κ1) is 10.9. The highest BCUT2D eigenvalue weighted by Crippen LogP contribution is 2.19. The Morgan fingerprint density at radius 1 is 1.50 bits per heavy atom. The van der Waals surface area contributed by atoms with Gasteiger partial charge < -0.3 is 5.11 Å². The normalized spacial score (nSPS) is 10.4. The number of rotatable bonds is 2. The first-order chi connectivity index (χ1) is 7.58. The molecule has 4 nitrogen and oxygen atoms in total. The minimum atomic E-state index is -0.973. The topological polar surface area (TPSA) is 55.1 Å². The number of aryl methyl sites for hydroxylation is 1. The number of nitrogens with zero attached hydrogens (tertiary/aromatic N) is 2. The van der Waals surface area contributed by atoms with Gasteiger partial charge in [-0.05, 0) is 24.6 Å². The Hall–Kier alpha value is -1.62. The minimum Gasteiger partial charge on any atom is -0.478 e. The van der Waals surface area contributed by atoms with E-state index in [2.05, 4.69) is 21.0 Å². The number of halogens is 1. The third kappa shape index (κ3) is 1.99. The van der Waals surface area contributed by atoms with Gasteiger partial charge in [-0.15, -0.1) is 0 Å². The van der Waals surface area contributed by atoms with Crippen LogP contribution in [0.2, 0.25) is 0 Å². The molecule has 1 N–H and O–H groups in total. The Balaban J connectivity index is 2.50. The maximum Gasteiger partial charge on any atom is 0.338 e. The number of aromatic carboxylic acids is 1. The quantitative estimate of drug-likeness (QED) is 0.920. The number of carbonyl (C=O) groups is 1. The van der Waals surface area contributed by atoms with Crippen molar-refractivity contribution in [2.75, 3.05) is 0 Å². The Labute approximate surface area is 101 Å². The van der Waals surface area contributed by atoms with E-state index in [1.165, 1.54) is 12.4 Å². The van der Waals surface area contributed by atoms with Crippen LogP contribution < -0.4 is 0 Å². The lowest BCUT2D eigenvalue weighted by atomic mass is 10.2. The summed E-state index contributed by atoms with van der Waals surface area (Å²) in [5, 5.41) is 12.8. The van der Waals surface area contributed by atoms with E-state index >= 15 is 0 Å². The second-order valence-electron chi connectivity index (χ2n) is 3.41. The molecular formula is C11H9BrN2O2. The molecule has 1 aromatic carbocycles. The molecule has 0 bridgehead atoms. The molecule has 0 radical (unpaired) electrons. The molecule has 0 saturated heterocycles. The van der Waals surface area contributed by atoms with Crippen LogP contribution in [0.5, 0.6) is 0 Å². The Kier molecular flexibility index (Phi) is 2.78. The average Bonchev–Trinajstić information content (AvgIpc) is 2.70. The van der Waals surface area contributed by atoms with E-state index in [9.17, 15) is 4.79 Å². The molecule has 0 aliphatic heterocycles. The molecule has 0 fully saturated rings. The largest absolute Gasteiger partial charge is 0.478 e. The van der Waals surface area contributed by atoms with Crippen LogP contribution in [0.4, 0.5) is 0 Å². The van der Waals surface area contributed by atoms with E-state index in [1.54, 1.807) is 4.68 Å². The van der Waals surface area contributed by atoms with Gasteiger partial charge in [0.15, 0.2) is 0 Å². The third-order valence-corrected chi connectivity index (χ3v) is 2.74. The van der Waals surface area contributed by atoms with Gasteiger partial charge in [0.25, 0.3) is 0 Å². The maximum atomic E-state index is 10.7. The lowest BCUT2D eigenvalue weighted by molar-refractivity contribution is 0.0697. The summed E-state index contributed by atoms with van der Waals surface area (Å²) in [5.74, 6) is -0.973. The predicted molar refractivity (Wildman–Crippen MR) is 63.0 cm³/mol. The summed E-state index contributed by atoms with van der Waals surface area (Å²) in [6, 6.07) is 5.77. The van der Waals surface area contributed by atoms with Crippen molar-refractivity contribution in [3.63, 3.8) is 0 Å². The van der Waals surface area contributed by atoms with Crippen molar-refractivity contribution in [3.8, 4) is 5.69 Å². The molecule has 2 aromatic rings. The summed E-state index contributed by atoms with van der Waals surface area (Å²) in [7, 11) is 0. The first-order valence-corrected chi connectivity index (χ1v) is 5.42. The number of hydrogen-bond donors (Lipinski definition) is 1. The molecule has 1 aromatic heterocycles. The van der Waals surface area contributed by atoms with E-state index in [1.807, 2.05) is 25.1 Å². The summed E-state index contributed by atoms with van der Waals surface area (Å²) in [6.07, 6.45) is 2.83. The highest BCUT2D eigenvalue weighted by molar-refractivity contribution is 9.10. The van der Waals surface area contributed by atoms with E-state index in [0.29, 0.717) is 0 Å². The molecule has 0 saturated carbocycles. The number of aromatic nitrogens is 2. The van der Waals surface area contributed by atoms with Gasteiger partial charge in [-0.25, -0.2) is 9.48 Å². The molecule has 5 heteroatoms. The van der Waals surface area contributed by atoms with Gasteiger partial charge in [0, 0.05) is 10.7 Å². The van der Waals surface area contributed by atoms with E-state index < -0.39 is 5.97 Å². The molecular weight excluding hydrogens is 272 g/mol. The van der Waals surface area contributed by atoms with Crippen molar-refractivity contribution in [2.45, 2.75) is 6.92 Å². The van der Waals surface area contributed by atoms with Gasteiger partial charge in [-0.1, -0.05) is 22.0 Å². The zero-order chi connectivity index (χ0) is 11.7. The Bertz CT molecular complexity index is 549. The van der Waals surface area contributed by atoms with Crippen molar-refractivity contribution >= 4 is 21.9 Å². The van der Waals surface area contributed by atoms with Crippen LogP contribution in [0.1, 0.15) is 15.9 Å².